The van der Waals surface area contributed by atoms with Gasteiger partial charge in [-0.3, -0.25) is 4.79 Å². The molecule has 0 aliphatic carbocycles. The van der Waals surface area contributed by atoms with E-state index in [9.17, 15) is 14.9 Å². The number of likely N-dealkylation sites (N-methyl/N-ethyl adjacent to an activating group) is 1. The molecule has 144 valence electrons. The third-order valence-corrected chi connectivity index (χ3v) is 4.62. The predicted molar refractivity (Wildman–Crippen MR) is 109 cm³/mol. The minimum absolute atomic E-state index is 0.177. The molecule has 0 aliphatic rings. The molecule has 2 aromatic rings. The first-order valence-electron chi connectivity index (χ1n) is 8.33. The Morgan fingerprint density at radius 1 is 1.14 bits per heavy atom. The van der Waals surface area contributed by atoms with Gasteiger partial charge in [-0.2, -0.15) is 5.26 Å². The molecule has 0 heterocycles. The second-order valence-corrected chi connectivity index (χ2v) is 6.97. The fourth-order valence-electron chi connectivity index (χ4n) is 2.28. The maximum atomic E-state index is 12.2. The third kappa shape index (κ3) is 6.12. The lowest BCUT2D eigenvalue weighted by atomic mass is 10.1. The minimum Gasteiger partial charge on any atom is -0.451 e. The molecule has 0 N–H and O–H groups in total. The molecule has 0 radical (unpaired) electrons. The highest BCUT2D eigenvalue weighted by molar-refractivity contribution is 6.42. The summed E-state index contributed by atoms with van der Waals surface area (Å²) in [6, 6.07) is 14.2. The molecule has 0 saturated carbocycles. The Morgan fingerprint density at radius 2 is 1.82 bits per heavy atom. The Bertz CT molecular complexity index is 947. The Labute approximate surface area is 173 Å². The van der Waals surface area contributed by atoms with Crippen molar-refractivity contribution in [2.75, 3.05) is 13.7 Å². The highest BCUT2D eigenvalue weighted by Crippen LogP contribution is 2.23. The second kappa shape index (κ2) is 9.93. The van der Waals surface area contributed by atoms with E-state index >= 15 is 0 Å². The van der Waals surface area contributed by atoms with Gasteiger partial charge in [-0.1, -0.05) is 59.1 Å². The number of hydrogen-bond donors (Lipinski definition) is 0. The van der Waals surface area contributed by atoms with E-state index in [2.05, 4.69) is 0 Å². The Balaban J connectivity index is 1.94. The first-order chi connectivity index (χ1) is 13.3. The smallest absolute Gasteiger partial charge is 0.349 e. The molecule has 7 heteroatoms. The van der Waals surface area contributed by atoms with E-state index in [1.54, 1.807) is 43.4 Å². The fourth-order valence-corrected chi connectivity index (χ4v) is 2.60. The van der Waals surface area contributed by atoms with E-state index in [-0.39, 0.29) is 12.1 Å². The highest BCUT2D eigenvalue weighted by Gasteiger charge is 2.16. The van der Waals surface area contributed by atoms with E-state index < -0.39 is 18.5 Å². The van der Waals surface area contributed by atoms with Crippen LogP contribution in [0.4, 0.5) is 0 Å². The van der Waals surface area contributed by atoms with Crippen molar-refractivity contribution in [3.8, 4) is 6.07 Å². The molecule has 1 amide bonds. The number of nitriles is 1. The van der Waals surface area contributed by atoms with E-state index in [4.69, 9.17) is 27.9 Å². The number of amides is 1. The van der Waals surface area contributed by atoms with Crippen LogP contribution in [0, 0.1) is 18.3 Å². The average Bonchev–Trinajstić information content (AvgIpc) is 2.68. The lowest BCUT2D eigenvalue weighted by molar-refractivity contribution is -0.148. The highest BCUT2D eigenvalue weighted by atomic mass is 35.5. The SMILES string of the molecule is Cc1ccc(/C=C(\C#N)C(=O)OCC(=O)N(C)Cc2ccc(Cl)c(Cl)c2)cc1. The van der Waals surface area contributed by atoms with Gasteiger partial charge in [0.05, 0.1) is 10.0 Å². The molecule has 0 spiro atoms. The fraction of sp³-hybridized carbons (Fsp3) is 0.190. The number of benzene rings is 2. The first-order valence-corrected chi connectivity index (χ1v) is 9.09. The van der Waals surface area contributed by atoms with Gasteiger partial charge in [-0.05, 0) is 36.3 Å². The molecule has 0 atom stereocenters. The summed E-state index contributed by atoms with van der Waals surface area (Å²) < 4.78 is 4.99. The molecule has 0 bridgehead atoms. The summed E-state index contributed by atoms with van der Waals surface area (Å²) in [5, 5.41) is 10.0. The summed E-state index contributed by atoms with van der Waals surface area (Å²) >= 11 is 11.8. The first kappa shape index (κ1) is 21.5. The minimum atomic E-state index is -0.848. The topological polar surface area (TPSA) is 70.4 Å². The van der Waals surface area contributed by atoms with Crippen LogP contribution < -0.4 is 0 Å². The van der Waals surface area contributed by atoms with Crippen molar-refractivity contribution in [2.45, 2.75) is 13.5 Å². The van der Waals surface area contributed by atoms with Crippen molar-refractivity contribution in [3.05, 3.63) is 74.8 Å². The van der Waals surface area contributed by atoms with Crippen molar-refractivity contribution >= 4 is 41.2 Å². The monoisotopic (exact) mass is 416 g/mol. The van der Waals surface area contributed by atoms with Gasteiger partial charge in [0.2, 0.25) is 0 Å². The summed E-state index contributed by atoms with van der Waals surface area (Å²) in [4.78, 5) is 25.7. The number of nitrogens with zero attached hydrogens (tertiary/aromatic N) is 2. The van der Waals surface area contributed by atoms with Crippen LogP contribution in [0.1, 0.15) is 16.7 Å². The van der Waals surface area contributed by atoms with Crippen LogP contribution in [0.25, 0.3) is 6.08 Å². The summed E-state index contributed by atoms with van der Waals surface area (Å²) in [6.45, 7) is 1.74. The normalized spacial score (nSPS) is 10.9. The zero-order chi connectivity index (χ0) is 20.7. The van der Waals surface area contributed by atoms with Gasteiger partial charge in [0.15, 0.2) is 6.61 Å². The van der Waals surface area contributed by atoms with Gasteiger partial charge in [0, 0.05) is 13.6 Å². The zero-order valence-electron chi connectivity index (χ0n) is 15.4. The number of hydrogen-bond acceptors (Lipinski definition) is 4. The number of carbonyl (C=O) groups is 2. The number of ether oxygens (including phenoxy) is 1. The summed E-state index contributed by atoms with van der Waals surface area (Å²) in [5.41, 5.74) is 2.37. The maximum Gasteiger partial charge on any atom is 0.349 e. The molecule has 2 rings (SSSR count). The van der Waals surface area contributed by atoms with E-state index in [1.165, 1.54) is 11.0 Å². The molecular weight excluding hydrogens is 399 g/mol. The number of carbonyl (C=O) groups excluding carboxylic acids is 2. The number of esters is 1. The van der Waals surface area contributed by atoms with E-state index in [1.807, 2.05) is 19.1 Å². The van der Waals surface area contributed by atoms with Crippen LogP contribution in [0.15, 0.2) is 48.0 Å². The third-order valence-electron chi connectivity index (χ3n) is 3.88. The molecule has 0 saturated heterocycles. The molecule has 0 aliphatic heterocycles. The lowest BCUT2D eigenvalue weighted by Crippen LogP contribution is -2.31. The zero-order valence-corrected chi connectivity index (χ0v) is 16.9. The van der Waals surface area contributed by atoms with Gasteiger partial charge >= 0.3 is 5.97 Å². The molecular formula is C21H18Cl2N2O3. The quantitative estimate of drug-likeness (QED) is 0.397. The van der Waals surface area contributed by atoms with Crippen LogP contribution in [0.3, 0.4) is 0 Å². The van der Waals surface area contributed by atoms with Crippen LogP contribution >= 0.6 is 23.2 Å². The van der Waals surface area contributed by atoms with Crippen molar-refractivity contribution in [2.24, 2.45) is 0 Å². The molecule has 0 aromatic heterocycles. The van der Waals surface area contributed by atoms with Crippen molar-refractivity contribution < 1.29 is 14.3 Å². The van der Waals surface area contributed by atoms with Gasteiger partial charge in [0.1, 0.15) is 11.6 Å². The van der Waals surface area contributed by atoms with Crippen LogP contribution in [0.2, 0.25) is 10.0 Å². The van der Waals surface area contributed by atoms with Crippen LogP contribution in [0.5, 0.6) is 0 Å². The maximum absolute atomic E-state index is 12.2. The van der Waals surface area contributed by atoms with E-state index in [0.717, 1.165) is 11.1 Å². The summed E-state index contributed by atoms with van der Waals surface area (Å²) in [6.07, 6.45) is 1.42. The molecule has 5 nitrogen and oxygen atoms in total. The van der Waals surface area contributed by atoms with Crippen molar-refractivity contribution in [1.29, 1.82) is 5.26 Å². The molecule has 0 fully saturated rings. The van der Waals surface area contributed by atoms with Crippen LogP contribution in [-0.2, 0) is 20.9 Å². The molecule has 2 aromatic carbocycles. The summed E-state index contributed by atoms with van der Waals surface area (Å²) in [5.74, 6) is -1.26. The Hall–Kier alpha value is -2.81. The van der Waals surface area contributed by atoms with Crippen LogP contribution in [-0.4, -0.2) is 30.4 Å². The van der Waals surface area contributed by atoms with Gasteiger partial charge in [0.25, 0.3) is 5.91 Å². The Morgan fingerprint density at radius 3 is 2.43 bits per heavy atom. The second-order valence-electron chi connectivity index (χ2n) is 6.15. The Kier molecular flexibility index (Phi) is 7.62. The number of halogens is 2. The summed E-state index contributed by atoms with van der Waals surface area (Å²) in [7, 11) is 1.58. The standard InChI is InChI=1S/C21H18Cl2N2O3/c1-14-3-5-15(6-4-14)9-17(11-24)21(27)28-13-20(26)25(2)12-16-7-8-18(22)19(23)10-16/h3-10H,12-13H2,1-2H3/b17-9+. The average molecular weight is 417 g/mol. The van der Waals surface area contributed by atoms with Gasteiger partial charge in [-0.15, -0.1) is 0 Å². The van der Waals surface area contributed by atoms with Crippen molar-refractivity contribution in [1.82, 2.24) is 4.90 Å². The van der Waals surface area contributed by atoms with Crippen molar-refractivity contribution in [3.63, 3.8) is 0 Å². The molecule has 28 heavy (non-hydrogen) atoms. The van der Waals surface area contributed by atoms with Gasteiger partial charge < -0.3 is 9.64 Å². The van der Waals surface area contributed by atoms with Gasteiger partial charge in [-0.25, -0.2) is 4.79 Å². The largest absolute Gasteiger partial charge is 0.451 e. The molecule has 0 unspecified atom stereocenters. The number of aryl methyl sites for hydroxylation is 1. The lowest BCUT2D eigenvalue weighted by Gasteiger charge is -2.17. The number of rotatable bonds is 6. The van der Waals surface area contributed by atoms with E-state index in [0.29, 0.717) is 15.6 Å². The predicted octanol–water partition coefficient (Wildman–Crippen LogP) is 4.41.